The fraction of sp³-hybridized carbons (Fsp3) is 0.160. The number of ether oxygens (including phenoxy) is 1. The molecule has 4 heterocycles. The summed E-state index contributed by atoms with van der Waals surface area (Å²) in [5.74, 6) is 1.19. The summed E-state index contributed by atoms with van der Waals surface area (Å²) in [7, 11) is 0. The van der Waals surface area contributed by atoms with Gasteiger partial charge >= 0.3 is 0 Å². The maximum absolute atomic E-state index is 13.9. The number of fused-ring (bicyclic) bond motifs is 2. The van der Waals surface area contributed by atoms with Crippen LogP contribution in [-0.4, -0.2) is 35.5 Å². The first-order valence-electron chi connectivity index (χ1n) is 11.1. The molecule has 0 fully saturated rings. The first kappa shape index (κ1) is 21.0. The van der Waals surface area contributed by atoms with E-state index in [-0.39, 0.29) is 24.2 Å². The van der Waals surface area contributed by atoms with E-state index in [0.29, 0.717) is 35.0 Å². The molecule has 0 spiro atoms. The molecule has 1 atom stereocenters. The smallest absolute Gasteiger partial charge is 0.226 e. The zero-order valence-corrected chi connectivity index (χ0v) is 18.7. The Morgan fingerprint density at radius 1 is 1.09 bits per heavy atom. The van der Waals surface area contributed by atoms with Gasteiger partial charge in [0.05, 0.1) is 5.69 Å². The van der Waals surface area contributed by atoms with E-state index in [1.165, 1.54) is 12.4 Å². The van der Waals surface area contributed by atoms with Crippen LogP contribution in [0.2, 0.25) is 0 Å². The number of aromatic nitrogens is 6. The predicted octanol–water partition coefficient (Wildman–Crippen LogP) is 3.81. The molecule has 10 heteroatoms. The van der Waals surface area contributed by atoms with Crippen molar-refractivity contribution in [3.05, 3.63) is 95.2 Å². The number of amides is 1. The first-order valence-corrected chi connectivity index (χ1v) is 11.1. The van der Waals surface area contributed by atoms with Crippen molar-refractivity contribution in [2.75, 3.05) is 5.32 Å². The quantitative estimate of drug-likeness (QED) is 0.420. The van der Waals surface area contributed by atoms with Gasteiger partial charge in [-0.05, 0) is 42.8 Å². The number of carbonyl (C=O) groups is 1. The van der Waals surface area contributed by atoms with Crippen LogP contribution in [0.25, 0.3) is 11.5 Å². The van der Waals surface area contributed by atoms with Gasteiger partial charge < -0.3 is 10.1 Å². The largest absolute Gasteiger partial charge is 0.489 e. The fourth-order valence-electron chi connectivity index (χ4n) is 4.40. The van der Waals surface area contributed by atoms with Crippen molar-refractivity contribution in [2.45, 2.75) is 25.9 Å². The maximum atomic E-state index is 13.9. The minimum absolute atomic E-state index is 0.103. The van der Waals surface area contributed by atoms with Gasteiger partial charge in [0, 0.05) is 23.5 Å². The number of anilines is 1. The van der Waals surface area contributed by atoms with E-state index in [1.807, 2.05) is 31.2 Å². The Balaban J connectivity index is 1.30. The van der Waals surface area contributed by atoms with Crippen molar-refractivity contribution in [3.8, 4) is 11.6 Å². The molecular weight excluding hydrogens is 449 g/mol. The third-order valence-electron chi connectivity index (χ3n) is 6.10. The van der Waals surface area contributed by atoms with Gasteiger partial charge in [-0.2, -0.15) is 14.3 Å². The molecule has 2 aromatic carbocycles. The van der Waals surface area contributed by atoms with Gasteiger partial charge in [0.25, 0.3) is 0 Å². The van der Waals surface area contributed by atoms with Gasteiger partial charge in [0.1, 0.15) is 30.3 Å². The molecule has 174 valence electrons. The van der Waals surface area contributed by atoms with Gasteiger partial charge in [-0.1, -0.05) is 30.3 Å². The van der Waals surface area contributed by atoms with Crippen molar-refractivity contribution < 1.29 is 13.9 Å². The standard InChI is InChI=1S/C25H20FN7O2/c1-15-24-19(16-6-8-18(9-7-16)35-13-17-4-2-3-5-20(17)26)12-23(34)28-25(24)33(30-15)22-11-10-21-29-27-14-32(21)31-22/h2-11,14,19H,12-13H2,1H3,(H,28,34). The minimum atomic E-state index is -0.296. The second-order valence-electron chi connectivity index (χ2n) is 8.34. The third-order valence-corrected chi connectivity index (χ3v) is 6.10. The van der Waals surface area contributed by atoms with Crippen LogP contribution in [0.15, 0.2) is 67.0 Å². The molecule has 1 aliphatic heterocycles. The molecule has 0 bridgehead atoms. The highest BCUT2D eigenvalue weighted by molar-refractivity contribution is 5.95. The Morgan fingerprint density at radius 3 is 2.74 bits per heavy atom. The lowest BCUT2D eigenvalue weighted by molar-refractivity contribution is -0.116. The summed E-state index contributed by atoms with van der Waals surface area (Å²) in [6.07, 6.45) is 1.81. The van der Waals surface area contributed by atoms with Gasteiger partial charge in [-0.3, -0.25) is 4.79 Å². The third kappa shape index (κ3) is 3.78. The highest BCUT2D eigenvalue weighted by atomic mass is 19.1. The van der Waals surface area contributed by atoms with Crippen LogP contribution < -0.4 is 10.1 Å². The average molecular weight is 469 g/mol. The fourth-order valence-corrected chi connectivity index (χ4v) is 4.40. The van der Waals surface area contributed by atoms with E-state index >= 15 is 0 Å². The van der Waals surface area contributed by atoms with E-state index in [4.69, 9.17) is 4.74 Å². The molecule has 9 nitrogen and oxygen atoms in total. The van der Waals surface area contributed by atoms with Gasteiger partial charge in [-0.15, -0.1) is 15.3 Å². The van der Waals surface area contributed by atoms with Crippen molar-refractivity contribution >= 4 is 17.4 Å². The van der Waals surface area contributed by atoms with Crippen LogP contribution in [0.4, 0.5) is 10.2 Å². The highest BCUT2D eigenvalue weighted by Crippen LogP contribution is 2.40. The topological polar surface area (TPSA) is 99.2 Å². The SMILES string of the molecule is Cc1nn(-c2ccc3nncn3n2)c2c1C(c1ccc(OCc3ccccc3F)cc1)CC(=O)N2. The van der Waals surface area contributed by atoms with Crippen LogP contribution in [-0.2, 0) is 11.4 Å². The highest BCUT2D eigenvalue weighted by Gasteiger charge is 2.33. The molecule has 1 amide bonds. The normalized spacial score (nSPS) is 15.1. The Morgan fingerprint density at radius 2 is 1.91 bits per heavy atom. The summed E-state index contributed by atoms with van der Waals surface area (Å²) in [4.78, 5) is 12.7. The molecule has 35 heavy (non-hydrogen) atoms. The Labute approximate surface area is 199 Å². The van der Waals surface area contributed by atoms with Crippen LogP contribution in [0, 0.1) is 12.7 Å². The van der Waals surface area contributed by atoms with E-state index in [0.717, 1.165) is 16.8 Å². The molecule has 1 N–H and O–H groups in total. The van der Waals surface area contributed by atoms with Crippen LogP contribution in [0.3, 0.4) is 0 Å². The molecule has 0 aliphatic carbocycles. The summed E-state index contributed by atoms with van der Waals surface area (Å²) in [5, 5.41) is 20.0. The summed E-state index contributed by atoms with van der Waals surface area (Å²) in [6.45, 7) is 2.06. The van der Waals surface area contributed by atoms with Crippen LogP contribution in [0.5, 0.6) is 5.75 Å². The number of nitrogens with one attached hydrogen (secondary N) is 1. The molecule has 3 aromatic heterocycles. The van der Waals surface area contributed by atoms with Gasteiger partial charge in [-0.25, -0.2) is 4.39 Å². The number of benzene rings is 2. The predicted molar refractivity (Wildman–Crippen MR) is 125 cm³/mol. The second kappa shape index (κ2) is 8.32. The number of rotatable bonds is 5. The molecule has 1 aliphatic rings. The summed E-state index contributed by atoms with van der Waals surface area (Å²) in [5.41, 5.74) is 3.81. The average Bonchev–Trinajstić information content (AvgIpc) is 3.47. The number of halogens is 1. The molecule has 0 saturated carbocycles. The van der Waals surface area contributed by atoms with E-state index < -0.39 is 0 Å². The Hall–Kier alpha value is -4.60. The minimum Gasteiger partial charge on any atom is -0.489 e. The zero-order valence-electron chi connectivity index (χ0n) is 18.7. The maximum Gasteiger partial charge on any atom is 0.226 e. The van der Waals surface area contributed by atoms with Gasteiger partial charge in [0.15, 0.2) is 11.5 Å². The number of carbonyl (C=O) groups excluding carboxylic acids is 1. The monoisotopic (exact) mass is 469 g/mol. The summed E-state index contributed by atoms with van der Waals surface area (Å²) < 4.78 is 22.8. The Bertz CT molecular complexity index is 1560. The number of aryl methyl sites for hydroxylation is 1. The van der Waals surface area contributed by atoms with Crippen molar-refractivity contribution in [3.63, 3.8) is 0 Å². The number of nitrogens with zero attached hydrogens (tertiary/aromatic N) is 6. The number of hydrogen-bond donors (Lipinski definition) is 1. The lowest BCUT2D eigenvalue weighted by Gasteiger charge is -2.24. The molecular formula is C25H20FN7O2. The molecule has 0 saturated heterocycles. The lowest BCUT2D eigenvalue weighted by Crippen LogP contribution is -2.25. The van der Waals surface area contributed by atoms with E-state index in [2.05, 4.69) is 25.7 Å². The molecule has 5 aromatic rings. The molecule has 1 unspecified atom stereocenters. The van der Waals surface area contributed by atoms with Crippen molar-refractivity contribution in [1.29, 1.82) is 0 Å². The molecule has 0 radical (unpaired) electrons. The zero-order chi connectivity index (χ0) is 23.9. The van der Waals surface area contributed by atoms with Crippen molar-refractivity contribution in [1.82, 2.24) is 29.6 Å². The lowest BCUT2D eigenvalue weighted by atomic mass is 9.86. The van der Waals surface area contributed by atoms with E-state index in [1.54, 1.807) is 39.5 Å². The number of hydrogen-bond acceptors (Lipinski definition) is 6. The van der Waals surface area contributed by atoms with E-state index in [9.17, 15) is 9.18 Å². The second-order valence-corrected chi connectivity index (χ2v) is 8.34. The van der Waals surface area contributed by atoms with Crippen molar-refractivity contribution in [2.24, 2.45) is 0 Å². The molecule has 6 rings (SSSR count). The van der Waals surface area contributed by atoms with Crippen LogP contribution in [0.1, 0.15) is 34.7 Å². The Kier molecular flexibility index (Phi) is 4.98. The first-order chi connectivity index (χ1) is 17.1. The summed E-state index contributed by atoms with van der Waals surface area (Å²) in [6, 6.07) is 17.7. The van der Waals surface area contributed by atoms with Gasteiger partial charge in [0.2, 0.25) is 5.91 Å². The summed E-state index contributed by atoms with van der Waals surface area (Å²) >= 11 is 0. The van der Waals surface area contributed by atoms with Crippen LogP contribution >= 0.6 is 0 Å².